The molecule has 0 heterocycles. The Morgan fingerprint density at radius 3 is 1.90 bits per heavy atom. The molecule has 0 amide bonds. The molecule has 0 saturated heterocycles. The second kappa shape index (κ2) is 4.87. The molecule has 0 rings (SSSR count). The fourth-order valence-corrected chi connectivity index (χ4v) is 0.222. The Hall–Kier alpha value is -0.970. The van der Waals surface area contributed by atoms with E-state index in [1.54, 1.807) is 14.1 Å². The fourth-order valence-electron chi connectivity index (χ4n) is 0.222. The summed E-state index contributed by atoms with van der Waals surface area (Å²) >= 11 is 0. The van der Waals surface area contributed by atoms with Gasteiger partial charge in [-0.2, -0.15) is 4.99 Å². The molecule has 0 unspecified atom stereocenters. The number of rotatable bonds is 0. The number of aliphatic imine (C=N–C) groups is 1. The standard InChI is InChI=1S/C4H11N5.ClH/c1-9(2)4(7)8-3(5)6;/h1-2H3,(H5,5,6,7,8);1H/p-1. The van der Waals surface area contributed by atoms with Crippen molar-refractivity contribution >= 4 is 11.9 Å². The van der Waals surface area contributed by atoms with Gasteiger partial charge in [-0.1, -0.05) is 0 Å². The van der Waals surface area contributed by atoms with Crippen molar-refractivity contribution in [1.29, 1.82) is 5.41 Å². The van der Waals surface area contributed by atoms with E-state index in [0.717, 1.165) is 0 Å². The molecule has 0 aromatic rings. The predicted molar refractivity (Wildman–Crippen MR) is 37.2 cm³/mol. The molecule has 0 fully saturated rings. The molecular formula is C4H11ClN5-. The number of hydrogen-bond donors (Lipinski definition) is 3. The van der Waals surface area contributed by atoms with Gasteiger partial charge in [-0.3, -0.25) is 5.41 Å². The zero-order valence-corrected chi connectivity index (χ0v) is 6.68. The summed E-state index contributed by atoms with van der Waals surface area (Å²) in [5.74, 6) is -0.0382. The van der Waals surface area contributed by atoms with Crippen molar-refractivity contribution < 1.29 is 12.4 Å². The third-order valence-electron chi connectivity index (χ3n) is 0.659. The molecule has 0 radical (unpaired) electrons. The SMILES string of the molecule is CN(C)C(=N)N=C(N)N.[Cl-]. The van der Waals surface area contributed by atoms with Gasteiger partial charge in [0.05, 0.1) is 0 Å². The fraction of sp³-hybridized carbons (Fsp3) is 0.500. The molecule has 0 aliphatic carbocycles. The molecule has 5 N–H and O–H groups in total. The van der Waals surface area contributed by atoms with Gasteiger partial charge < -0.3 is 28.8 Å². The van der Waals surface area contributed by atoms with E-state index in [0.29, 0.717) is 0 Å². The number of guanidine groups is 2. The largest absolute Gasteiger partial charge is 1.00 e. The summed E-state index contributed by atoms with van der Waals surface area (Å²) in [7, 11) is 3.38. The molecule has 0 bridgehead atoms. The van der Waals surface area contributed by atoms with E-state index in [9.17, 15) is 0 Å². The highest BCUT2D eigenvalue weighted by molar-refractivity contribution is 5.91. The average molecular weight is 165 g/mol. The van der Waals surface area contributed by atoms with Gasteiger partial charge in [0.25, 0.3) is 0 Å². The summed E-state index contributed by atoms with van der Waals surface area (Å²) in [6.07, 6.45) is 0. The average Bonchev–Trinajstić information content (AvgIpc) is 1.63. The first kappa shape index (κ1) is 11.8. The molecular weight excluding hydrogens is 154 g/mol. The topological polar surface area (TPSA) is 91.5 Å². The van der Waals surface area contributed by atoms with Gasteiger partial charge in [-0.15, -0.1) is 0 Å². The maximum atomic E-state index is 7.05. The summed E-state index contributed by atoms with van der Waals surface area (Å²) in [6, 6.07) is 0. The van der Waals surface area contributed by atoms with Crippen molar-refractivity contribution in [3.8, 4) is 0 Å². The minimum absolute atomic E-state index is 0. The Kier molecular flexibility index (Phi) is 5.73. The van der Waals surface area contributed by atoms with Crippen LogP contribution >= 0.6 is 0 Å². The van der Waals surface area contributed by atoms with Gasteiger partial charge in [0.1, 0.15) is 0 Å². The zero-order chi connectivity index (χ0) is 7.44. The molecule has 0 spiro atoms. The monoisotopic (exact) mass is 164 g/mol. The molecule has 60 valence electrons. The maximum Gasteiger partial charge on any atom is 0.220 e. The lowest BCUT2D eigenvalue weighted by atomic mass is 10.8. The molecule has 6 heteroatoms. The summed E-state index contributed by atoms with van der Waals surface area (Å²) in [5, 5.41) is 7.05. The first-order chi connectivity index (χ1) is 4.04. The van der Waals surface area contributed by atoms with Crippen LogP contribution < -0.4 is 23.9 Å². The first-order valence-corrected chi connectivity index (χ1v) is 2.39. The molecule has 10 heavy (non-hydrogen) atoms. The highest BCUT2D eigenvalue weighted by Crippen LogP contribution is 1.78. The Bertz CT molecular complexity index is 137. The van der Waals surface area contributed by atoms with E-state index in [-0.39, 0.29) is 24.3 Å². The van der Waals surface area contributed by atoms with Crippen molar-refractivity contribution in [1.82, 2.24) is 4.90 Å². The van der Waals surface area contributed by atoms with E-state index in [1.165, 1.54) is 4.90 Å². The number of nitrogens with two attached hydrogens (primary N) is 2. The van der Waals surface area contributed by atoms with Crippen LogP contribution in [0.2, 0.25) is 0 Å². The normalized spacial score (nSPS) is 7.40. The lowest BCUT2D eigenvalue weighted by Crippen LogP contribution is -3.00. The number of nitrogens with one attached hydrogen (secondary N) is 1. The quantitative estimate of drug-likeness (QED) is 0.250. The molecule has 0 atom stereocenters. The highest BCUT2D eigenvalue weighted by Gasteiger charge is 1.93. The van der Waals surface area contributed by atoms with Gasteiger partial charge in [0.15, 0.2) is 5.96 Å². The summed E-state index contributed by atoms with van der Waals surface area (Å²) in [5.41, 5.74) is 9.98. The molecule has 0 aliphatic heterocycles. The summed E-state index contributed by atoms with van der Waals surface area (Å²) in [6.45, 7) is 0. The number of hydrogen-bond acceptors (Lipinski definition) is 1. The Morgan fingerprint density at radius 2 is 1.80 bits per heavy atom. The second-order valence-corrected chi connectivity index (χ2v) is 1.75. The summed E-state index contributed by atoms with van der Waals surface area (Å²) in [4.78, 5) is 4.96. The Morgan fingerprint density at radius 1 is 1.40 bits per heavy atom. The van der Waals surface area contributed by atoms with Gasteiger partial charge in [0, 0.05) is 14.1 Å². The second-order valence-electron chi connectivity index (χ2n) is 1.75. The Labute approximate surface area is 66.0 Å². The van der Waals surface area contributed by atoms with Gasteiger partial charge in [-0.05, 0) is 0 Å². The third-order valence-corrected chi connectivity index (χ3v) is 0.659. The molecule has 0 aliphatic rings. The maximum absolute atomic E-state index is 7.05. The van der Waals surface area contributed by atoms with Crippen LogP contribution in [0.25, 0.3) is 0 Å². The highest BCUT2D eigenvalue weighted by atomic mass is 35.5. The van der Waals surface area contributed by atoms with Gasteiger partial charge in [-0.25, -0.2) is 0 Å². The van der Waals surface area contributed by atoms with Gasteiger partial charge >= 0.3 is 0 Å². The van der Waals surface area contributed by atoms with Crippen molar-refractivity contribution in [2.45, 2.75) is 0 Å². The third kappa shape index (κ3) is 5.17. The van der Waals surface area contributed by atoms with Crippen molar-refractivity contribution in [2.75, 3.05) is 14.1 Å². The minimum Gasteiger partial charge on any atom is -1.00 e. The Balaban J connectivity index is 0. The zero-order valence-electron chi connectivity index (χ0n) is 5.93. The number of halogens is 1. The molecule has 5 nitrogen and oxygen atoms in total. The van der Waals surface area contributed by atoms with E-state index in [4.69, 9.17) is 16.9 Å². The van der Waals surface area contributed by atoms with Crippen LogP contribution in [0.3, 0.4) is 0 Å². The smallest absolute Gasteiger partial charge is 0.220 e. The molecule has 0 aromatic carbocycles. The van der Waals surface area contributed by atoms with Crippen molar-refractivity contribution in [3.63, 3.8) is 0 Å². The van der Waals surface area contributed by atoms with Crippen LogP contribution in [-0.2, 0) is 0 Å². The van der Waals surface area contributed by atoms with Crippen LogP contribution in [0.15, 0.2) is 4.99 Å². The van der Waals surface area contributed by atoms with E-state index >= 15 is 0 Å². The van der Waals surface area contributed by atoms with E-state index in [2.05, 4.69) is 4.99 Å². The van der Waals surface area contributed by atoms with Crippen LogP contribution in [0, 0.1) is 5.41 Å². The van der Waals surface area contributed by atoms with Crippen molar-refractivity contribution in [2.24, 2.45) is 16.5 Å². The summed E-state index contributed by atoms with van der Waals surface area (Å²) < 4.78 is 0. The van der Waals surface area contributed by atoms with Crippen LogP contribution in [-0.4, -0.2) is 30.9 Å². The van der Waals surface area contributed by atoms with E-state index in [1.807, 2.05) is 0 Å². The van der Waals surface area contributed by atoms with Crippen molar-refractivity contribution in [3.05, 3.63) is 0 Å². The van der Waals surface area contributed by atoms with Crippen LogP contribution in [0.1, 0.15) is 0 Å². The van der Waals surface area contributed by atoms with Crippen LogP contribution in [0.4, 0.5) is 0 Å². The predicted octanol–water partition coefficient (Wildman–Crippen LogP) is -4.24. The molecule has 0 aromatic heterocycles. The van der Waals surface area contributed by atoms with Gasteiger partial charge in [0.2, 0.25) is 5.96 Å². The lowest BCUT2D eigenvalue weighted by Gasteiger charge is -2.07. The first-order valence-electron chi connectivity index (χ1n) is 2.39. The minimum atomic E-state index is -0.0892. The number of nitrogens with zero attached hydrogens (tertiary/aromatic N) is 2. The van der Waals surface area contributed by atoms with E-state index < -0.39 is 0 Å². The molecule has 0 saturated carbocycles. The lowest BCUT2D eigenvalue weighted by molar-refractivity contribution is -0.00000266. The van der Waals surface area contributed by atoms with Crippen LogP contribution in [0.5, 0.6) is 0 Å².